The number of hydrogen-bond acceptors (Lipinski definition) is 3. The summed E-state index contributed by atoms with van der Waals surface area (Å²) in [6, 6.07) is 19.7. The Kier molecular flexibility index (Phi) is 6.82. The van der Waals surface area contributed by atoms with Crippen molar-refractivity contribution in [2.24, 2.45) is 4.99 Å². The molecule has 0 saturated heterocycles. The van der Waals surface area contributed by atoms with Crippen molar-refractivity contribution in [1.29, 1.82) is 0 Å². The van der Waals surface area contributed by atoms with E-state index in [2.05, 4.69) is 32.9 Å². The maximum absolute atomic E-state index is 13.0. The maximum Gasteiger partial charge on any atom is 0.341 e. The van der Waals surface area contributed by atoms with Crippen LogP contribution in [0, 0.1) is 0 Å². The molecule has 0 unspecified atom stereocenters. The van der Waals surface area contributed by atoms with E-state index < -0.39 is 5.54 Å². The molecule has 1 aliphatic heterocycles. The second-order valence-electron chi connectivity index (χ2n) is 7.94. The van der Waals surface area contributed by atoms with Gasteiger partial charge < -0.3 is 4.74 Å². The molecule has 0 radical (unpaired) electrons. The highest BCUT2D eigenvalue weighted by atomic mass is 16.6. The van der Waals surface area contributed by atoms with Crippen molar-refractivity contribution in [3.8, 4) is 0 Å². The van der Waals surface area contributed by atoms with E-state index in [4.69, 9.17) is 9.73 Å². The van der Waals surface area contributed by atoms with Crippen LogP contribution in [0.25, 0.3) is 0 Å². The van der Waals surface area contributed by atoms with Crippen LogP contribution in [0.5, 0.6) is 0 Å². The van der Waals surface area contributed by atoms with Crippen molar-refractivity contribution in [3.63, 3.8) is 0 Å². The standard InChI is InChI=1S/C26H29NO2/c1-20(2)11-10-12-21(3)17-18-26(19-22-13-6-4-7-14-22)25(28)29-24(27-26)23-15-8-5-9-16-23/h4-9,11,13-17H,10,12,18-19H2,1-3H3/b21-17+/t26-/m1/s1. The van der Waals surface area contributed by atoms with E-state index >= 15 is 0 Å². The van der Waals surface area contributed by atoms with Gasteiger partial charge in [0.1, 0.15) is 0 Å². The van der Waals surface area contributed by atoms with Gasteiger partial charge in [-0.25, -0.2) is 9.79 Å². The van der Waals surface area contributed by atoms with E-state index in [1.807, 2.05) is 60.7 Å². The molecule has 0 aromatic heterocycles. The third-order valence-electron chi connectivity index (χ3n) is 5.12. The van der Waals surface area contributed by atoms with Crippen molar-refractivity contribution in [3.05, 3.63) is 95.1 Å². The molecule has 150 valence electrons. The number of esters is 1. The van der Waals surface area contributed by atoms with Crippen LogP contribution in [0.1, 0.15) is 51.2 Å². The minimum Gasteiger partial charge on any atom is -0.405 e. The van der Waals surface area contributed by atoms with Crippen molar-refractivity contribution in [2.45, 2.75) is 52.0 Å². The van der Waals surface area contributed by atoms with Gasteiger partial charge in [-0.05, 0) is 51.3 Å². The first-order chi connectivity index (χ1) is 14.0. The molecule has 0 saturated carbocycles. The number of hydrogen-bond donors (Lipinski definition) is 0. The predicted octanol–water partition coefficient (Wildman–Crippen LogP) is 6.05. The van der Waals surface area contributed by atoms with Gasteiger partial charge in [0.2, 0.25) is 5.90 Å². The largest absolute Gasteiger partial charge is 0.405 e. The number of rotatable bonds is 8. The lowest BCUT2D eigenvalue weighted by Gasteiger charge is -2.21. The van der Waals surface area contributed by atoms with Crippen LogP contribution in [0.15, 0.2) is 89.0 Å². The van der Waals surface area contributed by atoms with Gasteiger partial charge in [-0.3, -0.25) is 0 Å². The van der Waals surface area contributed by atoms with Crippen LogP contribution >= 0.6 is 0 Å². The average Bonchev–Trinajstić information content (AvgIpc) is 3.04. The number of allylic oxidation sites excluding steroid dienone is 3. The van der Waals surface area contributed by atoms with Gasteiger partial charge in [-0.1, -0.05) is 71.8 Å². The highest BCUT2D eigenvalue weighted by Crippen LogP contribution is 2.32. The summed E-state index contributed by atoms with van der Waals surface area (Å²) in [5.41, 5.74) is 3.60. The molecular weight excluding hydrogens is 358 g/mol. The third kappa shape index (κ3) is 5.54. The summed E-state index contributed by atoms with van der Waals surface area (Å²) in [5.74, 6) is 0.149. The molecule has 0 fully saturated rings. The lowest BCUT2D eigenvalue weighted by Crippen LogP contribution is -2.36. The van der Waals surface area contributed by atoms with E-state index in [0.717, 1.165) is 24.0 Å². The molecular formula is C26H29NO2. The minimum atomic E-state index is -0.912. The molecule has 0 spiro atoms. The summed E-state index contributed by atoms with van der Waals surface area (Å²) in [5, 5.41) is 0. The fourth-order valence-corrected chi connectivity index (χ4v) is 3.43. The van der Waals surface area contributed by atoms with E-state index in [0.29, 0.717) is 18.7 Å². The number of nitrogens with zero attached hydrogens (tertiary/aromatic N) is 1. The number of cyclic esters (lactones) is 1. The first-order valence-electron chi connectivity index (χ1n) is 10.2. The van der Waals surface area contributed by atoms with Gasteiger partial charge >= 0.3 is 5.97 Å². The van der Waals surface area contributed by atoms with Crippen molar-refractivity contribution >= 4 is 11.9 Å². The fourth-order valence-electron chi connectivity index (χ4n) is 3.43. The second-order valence-corrected chi connectivity index (χ2v) is 7.94. The Labute approximate surface area is 173 Å². The smallest absolute Gasteiger partial charge is 0.341 e. The van der Waals surface area contributed by atoms with Crippen LogP contribution in [-0.2, 0) is 16.0 Å². The second kappa shape index (κ2) is 9.51. The quantitative estimate of drug-likeness (QED) is 0.408. The zero-order chi connectivity index (χ0) is 20.7. The van der Waals surface area contributed by atoms with Crippen LogP contribution in [0.4, 0.5) is 0 Å². The molecule has 1 atom stereocenters. The summed E-state index contributed by atoms with van der Waals surface area (Å²) in [4.78, 5) is 17.9. The molecule has 3 heteroatoms. The van der Waals surface area contributed by atoms with E-state index in [-0.39, 0.29) is 5.97 Å². The Morgan fingerprint density at radius 1 is 0.966 bits per heavy atom. The van der Waals surface area contributed by atoms with Crippen molar-refractivity contribution in [2.75, 3.05) is 0 Å². The number of ether oxygens (including phenoxy) is 1. The molecule has 29 heavy (non-hydrogen) atoms. The van der Waals surface area contributed by atoms with Crippen molar-refractivity contribution < 1.29 is 9.53 Å². The highest BCUT2D eigenvalue weighted by Gasteiger charge is 2.45. The van der Waals surface area contributed by atoms with Gasteiger partial charge in [0.25, 0.3) is 0 Å². The summed E-state index contributed by atoms with van der Waals surface area (Å²) >= 11 is 0. The van der Waals surface area contributed by atoms with E-state index in [1.54, 1.807) is 0 Å². The van der Waals surface area contributed by atoms with Crippen LogP contribution in [0.3, 0.4) is 0 Å². The summed E-state index contributed by atoms with van der Waals surface area (Å²) in [7, 11) is 0. The average molecular weight is 388 g/mol. The first-order valence-corrected chi connectivity index (χ1v) is 10.2. The molecule has 3 nitrogen and oxygen atoms in total. The van der Waals surface area contributed by atoms with Crippen LogP contribution < -0.4 is 0 Å². The van der Waals surface area contributed by atoms with E-state index in [1.165, 1.54) is 11.1 Å². The maximum atomic E-state index is 13.0. The fraction of sp³-hybridized carbons (Fsp3) is 0.308. The lowest BCUT2D eigenvalue weighted by molar-refractivity contribution is -0.138. The molecule has 0 bridgehead atoms. The normalized spacial score (nSPS) is 18.9. The summed E-state index contributed by atoms with van der Waals surface area (Å²) in [6.07, 6.45) is 7.46. The molecule has 3 rings (SSSR count). The van der Waals surface area contributed by atoms with Crippen molar-refractivity contribution in [1.82, 2.24) is 0 Å². The monoisotopic (exact) mass is 387 g/mol. The van der Waals surface area contributed by atoms with Crippen LogP contribution in [-0.4, -0.2) is 17.4 Å². The Balaban J connectivity index is 1.87. The molecule has 0 amide bonds. The number of benzene rings is 2. The molecule has 2 aromatic rings. The number of aliphatic imine (C=N–C) groups is 1. The van der Waals surface area contributed by atoms with Gasteiger partial charge in [0.05, 0.1) is 0 Å². The Morgan fingerprint density at radius 3 is 2.28 bits per heavy atom. The van der Waals surface area contributed by atoms with E-state index in [9.17, 15) is 4.79 Å². The predicted molar refractivity (Wildman–Crippen MR) is 119 cm³/mol. The van der Waals surface area contributed by atoms with Crippen LogP contribution in [0.2, 0.25) is 0 Å². The SMILES string of the molecule is CC(C)=CCC/C(C)=C/C[C@]1(Cc2ccccc2)N=C(c2ccccc2)OC1=O. The van der Waals surface area contributed by atoms with Gasteiger partial charge in [0.15, 0.2) is 5.54 Å². The van der Waals surface area contributed by atoms with Gasteiger partial charge in [0, 0.05) is 18.4 Å². The Morgan fingerprint density at radius 2 is 1.62 bits per heavy atom. The molecule has 0 N–H and O–H groups in total. The Hall–Kier alpha value is -2.94. The van der Waals surface area contributed by atoms with Gasteiger partial charge in [-0.2, -0.15) is 0 Å². The third-order valence-corrected chi connectivity index (χ3v) is 5.12. The molecule has 0 aliphatic carbocycles. The minimum absolute atomic E-state index is 0.270. The molecule has 2 aromatic carbocycles. The summed E-state index contributed by atoms with van der Waals surface area (Å²) < 4.78 is 5.65. The topological polar surface area (TPSA) is 38.7 Å². The Bertz CT molecular complexity index is 922. The number of carbonyl (C=O) groups excluding carboxylic acids is 1. The highest BCUT2D eigenvalue weighted by molar-refractivity contribution is 6.08. The molecule has 1 heterocycles. The zero-order valence-electron chi connectivity index (χ0n) is 17.5. The molecule has 1 aliphatic rings. The first kappa shape index (κ1) is 20.8. The lowest BCUT2D eigenvalue weighted by atomic mass is 9.87. The number of carbonyl (C=O) groups is 1. The zero-order valence-corrected chi connectivity index (χ0v) is 17.5. The van der Waals surface area contributed by atoms with Gasteiger partial charge in [-0.15, -0.1) is 0 Å². The summed E-state index contributed by atoms with van der Waals surface area (Å²) in [6.45, 7) is 6.35.